The van der Waals surface area contributed by atoms with Crippen molar-refractivity contribution >= 4 is 5.78 Å². The van der Waals surface area contributed by atoms with Crippen LogP contribution in [0.1, 0.15) is 73.7 Å². The summed E-state index contributed by atoms with van der Waals surface area (Å²) in [5.41, 5.74) is 1.73. The van der Waals surface area contributed by atoms with Crippen LogP contribution in [0.2, 0.25) is 0 Å². The standard InChI is InChI=1S/C22H25FO2/c1-2-21(24)18-11-14-22(20(23)15-18)25-19-12-9-17(10-13-19)16-7-5-3-4-6-8-16/h9-16H,2-8H2,1H3. The molecule has 0 saturated heterocycles. The topological polar surface area (TPSA) is 26.3 Å². The minimum Gasteiger partial charge on any atom is -0.454 e. The number of ether oxygens (including phenoxy) is 1. The Balaban J connectivity index is 1.70. The van der Waals surface area contributed by atoms with Gasteiger partial charge in [0.25, 0.3) is 0 Å². The smallest absolute Gasteiger partial charge is 0.166 e. The molecule has 0 aromatic heterocycles. The molecule has 25 heavy (non-hydrogen) atoms. The maximum Gasteiger partial charge on any atom is 0.166 e. The Morgan fingerprint density at radius 2 is 1.72 bits per heavy atom. The van der Waals surface area contributed by atoms with Crippen LogP contribution in [0.5, 0.6) is 11.5 Å². The molecule has 1 fully saturated rings. The van der Waals surface area contributed by atoms with Gasteiger partial charge < -0.3 is 4.74 Å². The highest BCUT2D eigenvalue weighted by Gasteiger charge is 2.15. The van der Waals surface area contributed by atoms with Crippen molar-refractivity contribution in [3.63, 3.8) is 0 Å². The molecule has 0 aliphatic heterocycles. The predicted octanol–water partition coefficient (Wildman–Crippen LogP) is 6.65. The van der Waals surface area contributed by atoms with E-state index >= 15 is 0 Å². The molecule has 3 rings (SSSR count). The molecule has 0 amide bonds. The Labute approximate surface area is 149 Å². The maximum absolute atomic E-state index is 14.2. The Bertz CT molecular complexity index is 713. The Kier molecular flexibility index (Phi) is 5.85. The van der Waals surface area contributed by atoms with E-state index in [1.807, 2.05) is 12.1 Å². The second-order valence-corrected chi connectivity index (χ2v) is 6.78. The normalized spacial score (nSPS) is 15.6. The molecule has 0 atom stereocenters. The maximum atomic E-state index is 14.2. The number of benzene rings is 2. The quantitative estimate of drug-likeness (QED) is 0.450. The first-order valence-electron chi connectivity index (χ1n) is 9.28. The summed E-state index contributed by atoms with van der Waals surface area (Å²) >= 11 is 0. The summed E-state index contributed by atoms with van der Waals surface area (Å²) in [5, 5.41) is 0. The van der Waals surface area contributed by atoms with Crippen LogP contribution < -0.4 is 4.74 Å². The number of hydrogen-bond acceptors (Lipinski definition) is 2. The van der Waals surface area contributed by atoms with Crippen LogP contribution in [0.4, 0.5) is 4.39 Å². The van der Waals surface area contributed by atoms with Gasteiger partial charge in [-0.3, -0.25) is 4.79 Å². The van der Waals surface area contributed by atoms with E-state index < -0.39 is 5.82 Å². The summed E-state index contributed by atoms with van der Waals surface area (Å²) in [6.45, 7) is 1.76. The molecule has 3 heteroatoms. The van der Waals surface area contributed by atoms with E-state index in [0.717, 1.165) is 0 Å². The molecule has 2 aromatic rings. The highest BCUT2D eigenvalue weighted by atomic mass is 19.1. The van der Waals surface area contributed by atoms with E-state index in [4.69, 9.17) is 4.74 Å². The third kappa shape index (κ3) is 4.47. The molecule has 132 valence electrons. The molecular weight excluding hydrogens is 315 g/mol. The van der Waals surface area contributed by atoms with E-state index in [2.05, 4.69) is 12.1 Å². The fourth-order valence-corrected chi connectivity index (χ4v) is 3.51. The predicted molar refractivity (Wildman–Crippen MR) is 98.0 cm³/mol. The zero-order valence-corrected chi connectivity index (χ0v) is 14.8. The summed E-state index contributed by atoms with van der Waals surface area (Å²) in [4.78, 5) is 11.6. The van der Waals surface area contributed by atoms with Gasteiger partial charge in [0.1, 0.15) is 5.75 Å². The monoisotopic (exact) mass is 340 g/mol. The lowest BCUT2D eigenvalue weighted by atomic mass is 9.92. The van der Waals surface area contributed by atoms with Crippen LogP contribution in [0.3, 0.4) is 0 Å². The fraction of sp³-hybridized carbons (Fsp3) is 0.409. The minimum atomic E-state index is -0.507. The van der Waals surface area contributed by atoms with Crippen molar-refractivity contribution in [2.24, 2.45) is 0 Å². The number of carbonyl (C=O) groups excluding carboxylic acids is 1. The summed E-state index contributed by atoms with van der Waals surface area (Å²) in [6, 6.07) is 12.4. The molecule has 0 radical (unpaired) electrons. The molecule has 2 aromatic carbocycles. The first-order chi connectivity index (χ1) is 12.2. The molecule has 2 nitrogen and oxygen atoms in total. The molecule has 0 bridgehead atoms. The van der Waals surface area contributed by atoms with E-state index in [1.165, 1.54) is 56.2 Å². The second-order valence-electron chi connectivity index (χ2n) is 6.78. The van der Waals surface area contributed by atoms with Gasteiger partial charge in [0.2, 0.25) is 0 Å². The largest absolute Gasteiger partial charge is 0.454 e. The molecule has 0 N–H and O–H groups in total. The summed E-state index contributed by atoms with van der Waals surface area (Å²) < 4.78 is 19.8. The molecular formula is C22H25FO2. The zero-order valence-electron chi connectivity index (χ0n) is 14.8. The Morgan fingerprint density at radius 1 is 1.04 bits per heavy atom. The van der Waals surface area contributed by atoms with Crippen LogP contribution in [0.25, 0.3) is 0 Å². The first kappa shape index (κ1) is 17.7. The van der Waals surface area contributed by atoms with Crippen molar-refractivity contribution in [2.75, 3.05) is 0 Å². The molecule has 0 unspecified atom stereocenters. The van der Waals surface area contributed by atoms with Crippen molar-refractivity contribution < 1.29 is 13.9 Å². The third-order valence-corrected chi connectivity index (χ3v) is 5.01. The number of hydrogen-bond donors (Lipinski definition) is 0. The molecule has 1 saturated carbocycles. The molecule has 1 aliphatic carbocycles. The van der Waals surface area contributed by atoms with Gasteiger partial charge in [0.15, 0.2) is 17.3 Å². The average molecular weight is 340 g/mol. The van der Waals surface area contributed by atoms with Gasteiger partial charge in [0.05, 0.1) is 0 Å². The van der Waals surface area contributed by atoms with Gasteiger partial charge in [-0.2, -0.15) is 0 Å². The number of Topliss-reactive ketones (excluding diaryl/α,β-unsaturated/α-hetero) is 1. The van der Waals surface area contributed by atoms with Crippen LogP contribution in [0.15, 0.2) is 42.5 Å². The van der Waals surface area contributed by atoms with E-state index in [1.54, 1.807) is 13.0 Å². The van der Waals surface area contributed by atoms with Crippen molar-refractivity contribution in [1.29, 1.82) is 0 Å². The lowest BCUT2D eigenvalue weighted by Gasteiger charge is -2.15. The lowest BCUT2D eigenvalue weighted by Crippen LogP contribution is -1.99. The minimum absolute atomic E-state index is 0.0711. The van der Waals surface area contributed by atoms with Crippen molar-refractivity contribution in [3.8, 4) is 11.5 Å². The Hall–Kier alpha value is -2.16. The van der Waals surface area contributed by atoms with Gasteiger partial charge >= 0.3 is 0 Å². The zero-order chi connectivity index (χ0) is 17.6. The third-order valence-electron chi connectivity index (χ3n) is 5.01. The second kappa shape index (κ2) is 8.28. The van der Waals surface area contributed by atoms with Crippen molar-refractivity contribution in [1.82, 2.24) is 0 Å². The van der Waals surface area contributed by atoms with Crippen LogP contribution >= 0.6 is 0 Å². The Morgan fingerprint density at radius 3 is 2.32 bits per heavy atom. The summed E-state index contributed by atoms with van der Waals surface area (Å²) in [5.74, 6) is 0.818. The van der Waals surface area contributed by atoms with Crippen LogP contribution in [-0.2, 0) is 0 Å². The van der Waals surface area contributed by atoms with Crippen molar-refractivity contribution in [3.05, 3.63) is 59.4 Å². The highest BCUT2D eigenvalue weighted by Crippen LogP contribution is 2.33. The van der Waals surface area contributed by atoms with E-state index in [-0.39, 0.29) is 11.5 Å². The van der Waals surface area contributed by atoms with E-state index in [9.17, 15) is 9.18 Å². The van der Waals surface area contributed by atoms with Gasteiger partial charge in [0, 0.05) is 12.0 Å². The summed E-state index contributed by atoms with van der Waals surface area (Å²) in [7, 11) is 0. The van der Waals surface area contributed by atoms with E-state index in [0.29, 0.717) is 23.7 Å². The van der Waals surface area contributed by atoms with Crippen LogP contribution in [-0.4, -0.2) is 5.78 Å². The average Bonchev–Trinajstić information content (AvgIpc) is 2.93. The lowest BCUT2D eigenvalue weighted by molar-refractivity contribution is 0.0987. The van der Waals surface area contributed by atoms with Gasteiger partial charge in [-0.05, 0) is 54.7 Å². The number of rotatable bonds is 5. The fourth-order valence-electron chi connectivity index (χ4n) is 3.51. The highest BCUT2D eigenvalue weighted by molar-refractivity contribution is 5.95. The number of carbonyl (C=O) groups is 1. The number of ketones is 1. The summed E-state index contributed by atoms with van der Waals surface area (Å²) in [6.07, 6.45) is 8.15. The SMILES string of the molecule is CCC(=O)c1ccc(Oc2ccc(C3CCCCCC3)cc2)c(F)c1. The molecule has 0 heterocycles. The van der Waals surface area contributed by atoms with Crippen LogP contribution in [0, 0.1) is 5.82 Å². The molecule has 0 spiro atoms. The van der Waals surface area contributed by atoms with Gasteiger partial charge in [-0.15, -0.1) is 0 Å². The van der Waals surface area contributed by atoms with Crippen molar-refractivity contribution in [2.45, 2.75) is 57.8 Å². The molecule has 1 aliphatic rings. The first-order valence-corrected chi connectivity index (χ1v) is 9.28. The number of halogens is 1. The van der Waals surface area contributed by atoms with Gasteiger partial charge in [-0.1, -0.05) is 44.7 Å². The van der Waals surface area contributed by atoms with Gasteiger partial charge in [-0.25, -0.2) is 4.39 Å².